The SMILES string of the molecule is Cc1c(CC(=O)O)ccc2cc(O)ccc12. The Morgan fingerprint density at radius 1 is 1.25 bits per heavy atom. The molecule has 2 aromatic rings. The van der Waals surface area contributed by atoms with Crippen LogP contribution in [-0.2, 0) is 11.2 Å². The van der Waals surface area contributed by atoms with Crippen molar-refractivity contribution in [3.05, 3.63) is 41.5 Å². The van der Waals surface area contributed by atoms with Gasteiger partial charge in [-0.1, -0.05) is 18.2 Å². The van der Waals surface area contributed by atoms with E-state index in [-0.39, 0.29) is 12.2 Å². The molecule has 0 saturated carbocycles. The Bertz CT molecular complexity index is 558. The molecular formula is C13H12O3. The number of phenols is 1. The van der Waals surface area contributed by atoms with Gasteiger partial charge in [0.25, 0.3) is 0 Å². The predicted molar refractivity (Wildman–Crippen MR) is 61.7 cm³/mol. The fourth-order valence-corrected chi connectivity index (χ4v) is 1.87. The van der Waals surface area contributed by atoms with Gasteiger partial charge < -0.3 is 10.2 Å². The zero-order chi connectivity index (χ0) is 11.7. The van der Waals surface area contributed by atoms with Crippen LogP contribution in [0.3, 0.4) is 0 Å². The first-order valence-electron chi connectivity index (χ1n) is 5.01. The molecule has 16 heavy (non-hydrogen) atoms. The van der Waals surface area contributed by atoms with Gasteiger partial charge >= 0.3 is 5.97 Å². The van der Waals surface area contributed by atoms with Gasteiger partial charge in [0.1, 0.15) is 5.75 Å². The summed E-state index contributed by atoms with van der Waals surface area (Å²) in [7, 11) is 0. The molecule has 3 nitrogen and oxygen atoms in total. The third-order valence-electron chi connectivity index (χ3n) is 2.73. The molecule has 0 saturated heterocycles. The number of aryl methyl sites for hydroxylation is 1. The lowest BCUT2D eigenvalue weighted by Crippen LogP contribution is -2.02. The predicted octanol–water partition coefficient (Wildman–Crippen LogP) is 2.48. The Balaban J connectivity index is 2.60. The molecule has 0 aliphatic carbocycles. The van der Waals surface area contributed by atoms with E-state index in [0.29, 0.717) is 0 Å². The maximum Gasteiger partial charge on any atom is 0.307 e. The number of aromatic hydroxyl groups is 1. The zero-order valence-corrected chi connectivity index (χ0v) is 8.90. The largest absolute Gasteiger partial charge is 0.508 e. The van der Waals surface area contributed by atoms with Crippen LogP contribution >= 0.6 is 0 Å². The topological polar surface area (TPSA) is 57.5 Å². The van der Waals surface area contributed by atoms with Crippen molar-refractivity contribution in [2.75, 3.05) is 0 Å². The molecule has 0 radical (unpaired) electrons. The minimum absolute atomic E-state index is 0.0304. The Hall–Kier alpha value is -2.03. The minimum Gasteiger partial charge on any atom is -0.508 e. The number of benzene rings is 2. The molecular weight excluding hydrogens is 204 g/mol. The first-order valence-corrected chi connectivity index (χ1v) is 5.01. The fourth-order valence-electron chi connectivity index (χ4n) is 1.87. The molecule has 0 unspecified atom stereocenters. The number of aliphatic carboxylic acids is 1. The number of carboxylic acid groups (broad SMARTS) is 1. The second-order valence-electron chi connectivity index (χ2n) is 3.83. The van der Waals surface area contributed by atoms with Crippen LogP contribution in [0.4, 0.5) is 0 Å². The van der Waals surface area contributed by atoms with Crippen molar-refractivity contribution in [1.29, 1.82) is 0 Å². The van der Waals surface area contributed by atoms with Crippen LogP contribution in [0.1, 0.15) is 11.1 Å². The summed E-state index contributed by atoms with van der Waals surface area (Å²) in [6.07, 6.45) is 0.0304. The van der Waals surface area contributed by atoms with Crippen molar-refractivity contribution in [3.8, 4) is 5.75 Å². The molecule has 0 amide bonds. The van der Waals surface area contributed by atoms with E-state index >= 15 is 0 Å². The molecule has 0 aliphatic heterocycles. The summed E-state index contributed by atoms with van der Waals surface area (Å²) in [4.78, 5) is 10.7. The van der Waals surface area contributed by atoms with Crippen molar-refractivity contribution in [1.82, 2.24) is 0 Å². The molecule has 0 aliphatic rings. The highest BCUT2D eigenvalue weighted by Crippen LogP contribution is 2.25. The van der Waals surface area contributed by atoms with Gasteiger partial charge in [-0.15, -0.1) is 0 Å². The number of hydrogen-bond donors (Lipinski definition) is 2. The summed E-state index contributed by atoms with van der Waals surface area (Å²) in [6, 6.07) is 8.73. The van der Waals surface area contributed by atoms with Crippen LogP contribution < -0.4 is 0 Å². The van der Waals surface area contributed by atoms with Crippen molar-refractivity contribution >= 4 is 16.7 Å². The van der Waals surface area contributed by atoms with Gasteiger partial charge in [-0.2, -0.15) is 0 Å². The van der Waals surface area contributed by atoms with Gasteiger partial charge in [0, 0.05) is 0 Å². The smallest absolute Gasteiger partial charge is 0.307 e. The highest BCUT2D eigenvalue weighted by molar-refractivity contribution is 5.88. The average Bonchev–Trinajstić information content (AvgIpc) is 2.22. The molecule has 0 spiro atoms. The Morgan fingerprint density at radius 2 is 2.00 bits per heavy atom. The van der Waals surface area contributed by atoms with Crippen LogP contribution in [-0.4, -0.2) is 16.2 Å². The van der Waals surface area contributed by atoms with Crippen molar-refractivity contribution < 1.29 is 15.0 Å². The Kier molecular flexibility index (Phi) is 2.52. The van der Waals surface area contributed by atoms with Crippen molar-refractivity contribution in [2.24, 2.45) is 0 Å². The number of rotatable bonds is 2. The zero-order valence-electron chi connectivity index (χ0n) is 8.90. The van der Waals surface area contributed by atoms with E-state index in [9.17, 15) is 9.90 Å². The molecule has 0 aromatic heterocycles. The monoisotopic (exact) mass is 216 g/mol. The quantitative estimate of drug-likeness (QED) is 0.810. The second-order valence-corrected chi connectivity index (χ2v) is 3.83. The second kappa shape index (κ2) is 3.85. The summed E-state index contributed by atoms with van der Waals surface area (Å²) in [5.74, 6) is -0.612. The van der Waals surface area contributed by atoms with E-state index in [2.05, 4.69) is 0 Å². The van der Waals surface area contributed by atoms with E-state index in [0.717, 1.165) is 21.9 Å². The first-order chi connectivity index (χ1) is 7.58. The van der Waals surface area contributed by atoms with Gasteiger partial charge in [-0.25, -0.2) is 0 Å². The van der Waals surface area contributed by atoms with Gasteiger partial charge in [-0.3, -0.25) is 4.79 Å². The molecule has 0 fully saturated rings. The van der Waals surface area contributed by atoms with Gasteiger partial charge in [-0.05, 0) is 41.0 Å². The third kappa shape index (κ3) is 1.84. The molecule has 0 heterocycles. The molecule has 0 bridgehead atoms. The Morgan fingerprint density at radius 3 is 2.69 bits per heavy atom. The van der Waals surface area contributed by atoms with E-state index < -0.39 is 5.97 Å². The lowest BCUT2D eigenvalue weighted by atomic mass is 9.98. The average molecular weight is 216 g/mol. The lowest BCUT2D eigenvalue weighted by molar-refractivity contribution is -0.136. The number of carbonyl (C=O) groups is 1. The van der Waals surface area contributed by atoms with Gasteiger partial charge in [0.15, 0.2) is 0 Å². The molecule has 82 valence electrons. The van der Waals surface area contributed by atoms with Crippen LogP contribution in [0.5, 0.6) is 5.75 Å². The number of fused-ring (bicyclic) bond motifs is 1. The number of hydrogen-bond acceptors (Lipinski definition) is 2. The van der Waals surface area contributed by atoms with Gasteiger partial charge in [0.2, 0.25) is 0 Å². The number of carboxylic acids is 1. The van der Waals surface area contributed by atoms with Gasteiger partial charge in [0.05, 0.1) is 6.42 Å². The van der Waals surface area contributed by atoms with E-state index in [1.165, 1.54) is 0 Å². The summed E-state index contributed by atoms with van der Waals surface area (Å²) < 4.78 is 0. The lowest BCUT2D eigenvalue weighted by Gasteiger charge is -2.07. The van der Waals surface area contributed by atoms with Crippen molar-refractivity contribution in [3.63, 3.8) is 0 Å². The molecule has 2 N–H and O–H groups in total. The van der Waals surface area contributed by atoms with E-state index in [1.54, 1.807) is 18.2 Å². The summed E-state index contributed by atoms with van der Waals surface area (Å²) in [6.45, 7) is 1.90. The van der Waals surface area contributed by atoms with Crippen molar-refractivity contribution in [2.45, 2.75) is 13.3 Å². The normalized spacial score (nSPS) is 10.6. The highest BCUT2D eigenvalue weighted by Gasteiger charge is 2.07. The van der Waals surface area contributed by atoms with Crippen LogP contribution in [0.25, 0.3) is 10.8 Å². The highest BCUT2D eigenvalue weighted by atomic mass is 16.4. The first kappa shape index (κ1) is 10.5. The summed E-state index contributed by atoms with van der Waals surface area (Å²) in [5.41, 5.74) is 1.77. The van der Waals surface area contributed by atoms with E-state index in [4.69, 9.17) is 5.11 Å². The van der Waals surface area contributed by atoms with Crippen LogP contribution in [0.2, 0.25) is 0 Å². The molecule has 3 heteroatoms. The van der Waals surface area contributed by atoms with E-state index in [1.807, 2.05) is 19.1 Å². The molecule has 2 rings (SSSR count). The van der Waals surface area contributed by atoms with Crippen LogP contribution in [0.15, 0.2) is 30.3 Å². The van der Waals surface area contributed by atoms with Crippen LogP contribution in [0, 0.1) is 6.92 Å². The number of phenolic OH excluding ortho intramolecular Hbond substituents is 1. The summed E-state index contributed by atoms with van der Waals surface area (Å²) in [5, 5.41) is 20.0. The standard InChI is InChI=1S/C13H12O3/c1-8-9(7-13(15)16)2-3-10-6-11(14)4-5-12(8)10/h2-6,14H,7H2,1H3,(H,15,16). The summed E-state index contributed by atoms with van der Waals surface area (Å²) >= 11 is 0. The third-order valence-corrected chi connectivity index (χ3v) is 2.73. The molecule has 0 atom stereocenters. The fraction of sp³-hybridized carbons (Fsp3) is 0.154. The minimum atomic E-state index is -0.832. The molecule has 2 aromatic carbocycles. The maximum atomic E-state index is 10.7. The Labute approximate surface area is 93.0 Å². The maximum absolute atomic E-state index is 10.7.